The van der Waals surface area contributed by atoms with Crippen molar-refractivity contribution in [2.75, 3.05) is 6.54 Å². The molecule has 5 nitrogen and oxygen atoms in total. The third-order valence-electron chi connectivity index (χ3n) is 2.96. The van der Waals surface area contributed by atoms with E-state index in [-0.39, 0.29) is 4.90 Å². The molecule has 0 amide bonds. The third kappa shape index (κ3) is 3.82. The first kappa shape index (κ1) is 15.0. The van der Waals surface area contributed by atoms with Crippen LogP contribution in [0.3, 0.4) is 0 Å². The van der Waals surface area contributed by atoms with E-state index in [9.17, 15) is 8.42 Å². The summed E-state index contributed by atoms with van der Waals surface area (Å²) in [6, 6.07) is 6.21. The number of nitrogens with one attached hydrogen (secondary N) is 2. The number of aromatic nitrogens is 2. The molecule has 7 heteroatoms. The Bertz CT molecular complexity index is 682. The third-order valence-corrected chi connectivity index (χ3v) is 4.65. The topological polar surface area (TPSA) is 74.8 Å². The van der Waals surface area contributed by atoms with Gasteiger partial charge in [-0.25, -0.2) is 13.1 Å². The number of halogens is 1. The average molecular weight is 314 g/mol. The summed E-state index contributed by atoms with van der Waals surface area (Å²) in [5.41, 5.74) is 2.12. The summed E-state index contributed by atoms with van der Waals surface area (Å²) in [5.74, 6) is 0. The number of hydrogen-bond acceptors (Lipinski definition) is 3. The van der Waals surface area contributed by atoms with Gasteiger partial charge in [0.1, 0.15) is 0 Å². The fraction of sp³-hybridized carbons (Fsp3) is 0.308. The van der Waals surface area contributed by atoms with Crippen molar-refractivity contribution in [3.8, 4) is 0 Å². The smallest absolute Gasteiger partial charge is 0.240 e. The van der Waals surface area contributed by atoms with Crippen LogP contribution < -0.4 is 4.72 Å². The number of rotatable bonds is 6. The number of hydrogen-bond donors (Lipinski definition) is 2. The highest BCUT2D eigenvalue weighted by Crippen LogP contribution is 2.15. The second-order valence-electron chi connectivity index (χ2n) is 4.48. The average Bonchev–Trinajstić information content (AvgIpc) is 2.80. The van der Waals surface area contributed by atoms with Crippen molar-refractivity contribution in [2.24, 2.45) is 0 Å². The predicted molar refractivity (Wildman–Crippen MR) is 78.3 cm³/mol. The molecule has 0 spiro atoms. The second-order valence-corrected chi connectivity index (χ2v) is 6.68. The Balaban J connectivity index is 1.89. The van der Waals surface area contributed by atoms with Crippen molar-refractivity contribution in [2.45, 2.75) is 24.7 Å². The largest absolute Gasteiger partial charge is 0.283 e. The van der Waals surface area contributed by atoms with Gasteiger partial charge in [0.25, 0.3) is 0 Å². The van der Waals surface area contributed by atoms with Crippen LogP contribution in [0, 0.1) is 6.92 Å². The van der Waals surface area contributed by atoms with Crippen LogP contribution in [-0.2, 0) is 16.4 Å². The summed E-state index contributed by atoms with van der Waals surface area (Å²) in [5, 5.41) is 7.19. The molecule has 0 radical (unpaired) electrons. The SMILES string of the molecule is Cc1[nH]ncc1CCCNS(=O)(=O)c1cccc(Cl)c1. The molecular weight excluding hydrogens is 298 g/mol. The number of sulfonamides is 1. The van der Waals surface area contributed by atoms with Gasteiger partial charge in [0, 0.05) is 17.3 Å². The molecule has 2 aromatic rings. The lowest BCUT2D eigenvalue weighted by Crippen LogP contribution is -2.25. The van der Waals surface area contributed by atoms with Gasteiger partial charge in [-0.3, -0.25) is 5.10 Å². The van der Waals surface area contributed by atoms with Gasteiger partial charge in [-0.05, 0) is 43.5 Å². The molecule has 2 N–H and O–H groups in total. The Morgan fingerprint density at radius 2 is 2.20 bits per heavy atom. The van der Waals surface area contributed by atoms with Gasteiger partial charge >= 0.3 is 0 Å². The normalized spacial score (nSPS) is 11.7. The lowest BCUT2D eigenvalue weighted by atomic mass is 10.1. The van der Waals surface area contributed by atoms with E-state index in [1.807, 2.05) is 6.92 Å². The summed E-state index contributed by atoms with van der Waals surface area (Å²) < 4.78 is 26.6. The summed E-state index contributed by atoms with van der Waals surface area (Å²) >= 11 is 5.79. The van der Waals surface area contributed by atoms with Crippen LogP contribution in [0.2, 0.25) is 5.02 Å². The maximum Gasteiger partial charge on any atom is 0.240 e. The molecule has 0 saturated heterocycles. The van der Waals surface area contributed by atoms with Crippen molar-refractivity contribution >= 4 is 21.6 Å². The molecule has 0 aliphatic carbocycles. The Labute approximate surface area is 123 Å². The number of aromatic amines is 1. The fourth-order valence-corrected chi connectivity index (χ4v) is 3.21. The van der Waals surface area contributed by atoms with Gasteiger partial charge in [0.15, 0.2) is 0 Å². The van der Waals surface area contributed by atoms with Crippen LogP contribution in [-0.4, -0.2) is 25.2 Å². The highest BCUT2D eigenvalue weighted by atomic mass is 35.5. The Hall–Kier alpha value is -1.37. The molecule has 2 rings (SSSR count). The first-order valence-electron chi connectivity index (χ1n) is 6.23. The van der Waals surface area contributed by atoms with Crippen molar-refractivity contribution < 1.29 is 8.42 Å². The maximum atomic E-state index is 12.0. The van der Waals surface area contributed by atoms with E-state index in [2.05, 4.69) is 14.9 Å². The van der Waals surface area contributed by atoms with Crippen LogP contribution in [0.4, 0.5) is 0 Å². The number of nitrogens with zero attached hydrogens (tertiary/aromatic N) is 1. The molecule has 0 aliphatic rings. The van der Waals surface area contributed by atoms with E-state index >= 15 is 0 Å². The van der Waals surface area contributed by atoms with Crippen LogP contribution >= 0.6 is 11.6 Å². The Morgan fingerprint density at radius 3 is 2.85 bits per heavy atom. The Kier molecular flexibility index (Phi) is 4.80. The molecule has 108 valence electrons. The molecule has 0 aliphatic heterocycles. The number of H-pyrrole nitrogens is 1. The van der Waals surface area contributed by atoms with Gasteiger partial charge in [0.05, 0.1) is 11.1 Å². The minimum Gasteiger partial charge on any atom is -0.283 e. The summed E-state index contributed by atoms with van der Waals surface area (Å²) in [7, 11) is -3.49. The zero-order valence-corrected chi connectivity index (χ0v) is 12.6. The quantitative estimate of drug-likeness (QED) is 0.803. The molecule has 0 unspecified atom stereocenters. The minimum absolute atomic E-state index is 0.185. The van der Waals surface area contributed by atoms with E-state index in [0.29, 0.717) is 18.0 Å². The van der Waals surface area contributed by atoms with Crippen molar-refractivity contribution in [1.29, 1.82) is 0 Å². The molecule has 0 bridgehead atoms. The van der Waals surface area contributed by atoms with Gasteiger partial charge < -0.3 is 0 Å². The van der Waals surface area contributed by atoms with Gasteiger partial charge in [-0.2, -0.15) is 5.10 Å². The van der Waals surface area contributed by atoms with E-state index in [1.54, 1.807) is 18.3 Å². The molecule has 0 saturated carbocycles. The van der Waals surface area contributed by atoms with Gasteiger partial charge in [0.2, 0.25) is 10.0 Å². The van der Waals surface area contributed by atoms with Gasteiger partial charge in [-0.15, -0.1) is 0 Å². The predicted octanol–water partition coefficient (Wildman–Crippen LogP) is 2.28. The molecule has 0 atom stereocenters. The second kappa shape index (κ2) is 6.39. The van der Waals surface area contributed by atoms with E-state index < -0.39 is 10.0 Å². The van der Waals surface area contributed by atoms with E-state index in [0.717, 1.165) is 17.7 Å². The van der Waals surface area contributed by atoms with Crippen molar-refractivity contribution in [1.82, 2.24) is 14.9 Å². The molecular formula is C13H16ClN3O2S. The first-order valence-corrected chi connectivity index (χ1v) is 8.09. The highest BCUT2D eigenvalue weighted by Gasteiger charge is 2.13. The van der Waals surface area contributed by atoms with Crippen LogP contribution in [0.25, 0.3) is 0 Å². The number of benzene rings is 1. The van der Waals surface area contributed by atoms with Crippen LogP contribution in [0.1, 0.15) is 17.7 Å². The van der Waals surface area contributed by atoms with Crippen molar-refractivity contribution in [3.63, 3.8) is 0 Å². The van der Waals surface area contributed by atoms with Gasteiger partial charge in [-0.1, -0.05) is 17.7 Å². The summed E-state index contributed by atoms with van der Waals surface area (Å²) in [6.45, 7) is 2.32. The molecule has 1 aromatic carbocycles. The zero-order chi connectivity index (χ0) is 14.6. The van der Waals surface area contributed by atoms with Crippen molar-refractivity contribution in [3.05, 3.63) is 46.7 Å². The van der Waals surface area contributed by atoms with E-state index in [1.165, 1.54) is 12.1 Å². The molecule has 1 aromatic heterocycles. The first-order chi connectivity index (χ1) is 9.49. The molecule has 20 heavy (non-hydrogen) atoms. The minimum atomic E-state index is -3.49. The molecule has 0 fully saturated rings. The standard InChI is InChI=1S/C13H16ClN3O2S/c1-10-11(9-15-17-10)4-3-7-16-20(18,19)13-6-2-5-12(14)8-13/h2,5-6,8-9,16H,3-4,7H2,1H3,(H,15,17). The van der Waals surface area contributed by atoms with Crippen LogP contribution in [0.5, 0.6) is 0 Å². The Morgan fingerprint density at radius 1 is 1.40 bits per heavy atom. The fourth-order valence-electron chi connectivity index (χ4n) is 1.83. The maximum absolute atomic E-state index is 12.0. The molecule has 1 heterocycles. The number of aryl methyl sites for hydroxylation is 2. The van der Waals surface area contributed by atoms with E-state index in [4.69, 9.17) is 11.6 Å². The summed E-state index contributed by atoms with van der Waals surface area (Å²) in [4.78, 5) is 0.185. The monoisotopic (exact) mass is 313 g/mol. The lowest BCUT2D eigenvalue weighted by molar-refractivity contribution is 0.579. The zero-order valence-electron chi connectivity index (χ0n) is 11.1. The highest BCUT2D eigenvalue weighted by molar-refractivity contribution is 7.89. The summed E-state index contributed by atoms with van der Waals surface area (Å²) in [6.07, 6.45) is 3.25. The lowest BCUT2D eigenvalue weighted by Gasteiger charge is -2.06. The van der Waals surface area contributed by atoms with Crippen LogP contribution in [0.15, 0.2) is 35.4 Å².